The summed E-state index contributed by atoms with van der Waals surface area (Å²) < 4.78 is 25.2. The van der Waals surface area contributed by atoms with Crippen LogP contribution in [0.15, 0.2) is 90.5 Å². The van der Waals surface area contributed by atoms with Gasteiger partial charge in [-0.25, -0.2) is 4.79 Å². The number of fused-ring (bicyclic) bond motifs is 2. The van der Waals surface area contributed by atoms with Crippen LogP contribution in [0.25, 0.3) is 16.6 Å². The van der Waals surface area contributed by atoms with E-state index in [1.807, 2.05) is 92.6 Å². The Morgan fingerprint density at radius 3 is 2.33 bits per heavy atom. The second-order valence-electron chi connectivity index (χ2n) is 11.3. The highest BCUT2D eigenvalue weighted by atomic mass is 32.1. The minimum atomic E-state index is -1.98. The number of aliphatic hydroxyl groups is 1. The van der Waals surface area contributed by atoms with Crippen LogP contribution in [0.1, 0.15) is 27.0 Å². The van der Waals surface area contributed by atoms with Crippen molar-refractivity contribution in [3.8, 4) is 11.5 Å². The lowest BCUT2D eigenvalue weighted by molar-refractivity contribution is -0.185. The molecule has 0 fully saturated rings. The number of benzene rings is 4. The normalized spacial score (nSPS) is 16.6. The van der Waals surface area contributed by atoms with E-state index in [-0.39, 0.29) is 6.79 Å². The summed E-state index contributed by atoms with van der Waals surface area (Å²) in [5, 5.41) is 11.9. The minimum absolute atomic E-state index is 0.101. The molecule has 1 aromatic heterocycles. The molecule has 234 valence electrons. The van der Waals surface area contributed by atoms with Gasteiger partial charge < -0.3 is 29.1 Å². The number of hydrogen-bond donors (Lipinski definition) is 1. The Balaban J connectivity index is 0.000000288. The SMILES string of the molecule is CN(C)c1cccc(C=O)c1.CN(C)c1cccc(CC2=C(c3ccc4nsnc4c3)C(=O)OC2(O)c2ccc3c(c2)OCO3)c1. The molecule has 0 saturated carbocycles. The molecule has 5 aromatic rings. The molecule has 1 unspecified atom stereocenters. The Kier molecular flexibility index (Phi) is 8.44. The Morgan fingerprint density at radius 2 is 1.57 bits per heavy atom. The van der Waals surface area contributed by atoms with Crippen LogP contribution in [0.5, 0.6) is 11.5 Å². The van der Waals surface area contributed by atoms with Gasteiger partial charge in [-0.05, 0) is 65.7 Å². The fourth-order valence-electron chi connectivity index (χ4n) is 5.34. The lowest BCUT2D eigenvalue weighted by atomic mass is 9.87. The van der Waals surface area contributed by atoms with Crippen LogP contribution >= 0.6 is 11.7 Å². The van der Waals surface area contributed by atoms with E-state index in [1.54, 1.807) is 30.3 Å². The number of carbonyl (C=O) groups is 2. The van der Waals surface area contributed by atoms with E-state index in [9.17, 15) is 14.7 Å². The van der Waals surface area contributed by atoms with Crippen LogP contribution in [-0.4, -0.2) is 61.1 Å². The summed E-state index contributed by atoms with van der Waals surface area (Å²) in [5.74, 6) is -1.51. The molecule has 0 spiro atoms. The molecule has 0 bridgehead atoms. The molecule has 11 heteroatoms. The van der Waals surface area contributed by atoms with Crippen LogP contribution < -0.4 is 19.3 Å². The smallest absolute Gasteiger partial charge is 0.342 e. The van der Waals surface area contributed by atoms with E-state index in [0.717, 1.165) is 46.0 Å². The third-order valence-corrected chi connectivity index (χ3v) is 8.35. The van der Waals surface area contributed by atoms with Gasteiger partial charge in [0.15, 0.2) is 11.5 Å². The number of rotatable bonds is 7. The number of hydrogen-bond acceptors (Lipinski definition) is 11. The van der Waals surface area contributed by atoms with Crippen LogP contribution in [0.4, 0.5) is 11.4 Å². The van der Waals surface area contributed by atoms with Crippen molar-refractivity contribution in [3.63, 3.8) is 0 Å². The van der Waals surface area contributed by atoms with Gasteiger partial charge in [-0.3, -0.25) is 4.79 Å². The van der Waals surface area contributed by atoms with Crippen molar-refractivity contribution in [2.45, 2.75) is 12.2 Å². The van der Waals surface area contributed by atoms with E-state index in [4.69, 9.17) is 14.2 Å². The molecule has 0 amide bonds. The number of aldehydes is 1. The number of nitrogens with zero attached hydrogens (tertiary/aromatic N) is 4. The molecular weight excluding hydrogens is 604 g/mol. The molecule has 0 radical (unpaired) electrons. The molecule has 4 aromatic carbocycles. The molecular formula is C35H32N4O6S. The number of carbonyl (C=O) groups excluding carboxylic acids is 2. The minimum Gasteiger partial charge on any atom is -0.454 e. The average Bonchev–Trinajstić information content (AvgIpc) is 3.79. The molecule has 10 nitrogen and oxygen atoms in total. The second-order valence-corrected chi connectivity index (χ2v) is 11.8. The lowest BCUT2D eigenvalue weighted by Crippen LogP contribution is -2.29. The number of esters is 1. The summed E-state index contributed by atoms with van der Waals surface area (Å²) >= 11 is 1.11. The molecule has 3 heterocycles. The predicted octanol–water partition coefficient (Wildman–Crippen LogP) is 5.45. The number of cyclic esters (lactones) is 1. The predicted molar refractivity (Wildman–Crippen MR) is 178 cm³/mol. The second kappa shape index (κ2) is 12.6. The van der Waals surface area contributed by atoms with Crippen LogP contribution in [-0.2, 0) is 21.7 Å². The van der Waals surface area contributed by atoms with Gasteiger partial charge in [0.25, 0.3) is 5.79 Å². The van der Waals surface area contributed by atoms with Crippen molar-refractivity contribution in [1.82, 2.24) is 8.75 Å². The summed E-state index contributed by atoms with van der Waals surface area (Å²) in [4.78, 5) is 27.6. The van der Waals surface area contributed by atoms with Crippen molar-refractivity contribution in [3.05, 3.63) is 113 Å². The quantitative estimate of drug-likeness (QED) is 0.183. The average molecular weight is 637 g/mol. The maximum absolute atomic E-state index is 13.3. The van der Waals surface area contributed by atoms with Gasteiger partial charge in [0.05, 0.1) is 17.3 Å². The molecule has 2 aliphatic rings. The topological polar surface area (TPSA) is 114 Å². The van der Waals surface area contributed by atoms with Crippen molar-refractivity contribution < 1.29 is 28.9 Å². The Labute approximate surface area is 270 Å². The maximum Gasteiger partial charge on any atom is 0.342 e. The summed E-state index contributed by atoms with van der Waals surface area (Å²) in [5.41, 5.74) is 6.90. The highest BCUT2D eigenvalue weighted by molar-refractivity contribution is 7.00. The van der Waals surface area contributed by atoms with E-state index in [2.05, 4.69) is 8.75 Å². The van der Waals surface area contributed by atoms with Gasteiger partial charge in [-0.15, -0.1) is 0 Å². The molecule has 1 N–H and O–H groups in total. The van der Waals surface area contributed by atoms with E-state index in [1.165, 1.54) is 0 Å². The molecule has 7 rings (SSSR count). The summed E-state index contributed by atoms with van der Waals surface area (Å²) in [7, 11) is 7.83. The zero-order valence-electron chi connectivity index (χ0n) is 25.8. The van der Waals surface area contributed by atoms with Gasteiger partial charge in [-0.1, -0.05) is 30.3 Å². The van der Waals surface area contributed by atoms with Crippen molar-refractivity contribution in [1.29, 1.82) is 0 Å². The van der Waals surface area contributed by atoms with Gasteiger partial charge in [0.1, 0.15) is 17.3 Å². The highest BCUT2D eigenvalue weighted by Crippen LogP contribution is 2.47. The van der Waals surface area contributed by atoms with Gasteiger partial charge in [0.2, 0.25) is 6.79 Å². The first-order valence-electron chi connectivity index (χ1n) is 14.5. The standard InChI is InChI=1S/C26H21N3O5S.C9H11NO/c1-29(2)18-5-3-4-15(10-18)11-19-24(16-6-8-20-21(12-16)28-35-27-20)25(30)34-26(19,31)17-7-9-22-23(13-17)33-14-32-22;1-10(2)9-5-3-4-8(6-9)7-11/h3-10,12-13,31H,11,14H2,1-2H3;3-7H,1-2H3. The molecule has 2 aliphatic heterocycles. The number of anilines is 2. The first-order valence-corrected chi connectivity index (χ1v) is 15.2. The van der Waals surface area contributed by atoms with E-state index in [0.29, 0.717) is 45.7 Å². The van der Waals surface area contributed by atoms with Gasteiger partial charge in [-0.2, -0.15) is 8.75 Å². The Morgan fingerprint density at radius 1 is 0.848 bits per heavy atom. The summed E-state index contributed by atoms with van der Waals surface area (Å²) in [6.07, 6.45) is 1.15. The molecule has 1 atom stereocenters. The largest absolute Gasteiger partial charge is 0.454 e. The zero-order valence-corrected chi connectivity index (χ0v) is 26.6. The summed E-state index contributed by atoms with van der Waals surface area (Å²) in [6.45, 7) is 0.101. The highest BCUT2D eigenvalue weighted by Gasteiger charge is 2.48. The third kappa shape index (κ3) is 6.02. The number of aromatic nitrogens is 2. The maximum atomic E-state index is 13.3. The fourth-order valence-corrected chi connectivity index (χ4v) is 5.86. The van der Waals surface area contributed by atoms with Gasteiger partial charge in [0, 0.05) is 62.7 Å². The molecule has 0 aliphatic carbocycles. The number of ether oxygens (including phenoxy) is 3. The van der Waals surface area contributed by atoms with Crippen LogP contribution in [0.2, 0.25) is 0 Å². The first kappa shape index (κ1) is 30.8. The van der Waals surface area contributed by atoms with E-state index < -0.39 is 11.8 Å². The van der Waals surface area contributed by atoms with Crippen LogP contribution in [0.3, 0.4) is 0 Å². The summed E-state index contributed by atoms with van der Waals surface area (Å²) in [6, 6.07) is 25.9. The van der Waals surface area contributed by atoms with Crippen LogP contribution in [0, 0.1) is 0 Å². The fraction of sp³-hybridized carbons (Fsp3) is 0.200. The van der Waals surface area contributed by atoms with Gasteiger partial charge >= 0.3 is 5.97 Å². The molecule has 0 saturated heterocycles. The van der Waals surface area contributed by atoms with Crippen molar-refractivity contribution in [2.24, 2.45) is 0 Å². The third-order valence-electron chi connectivity index (χ3n) is 7.79. The first-order chi connectivity index (χ1) is 22.2. The van der Waals surface area contributed by atoms with Crippen molar-refractivity contribution >= 4 is 52.0 Å². The van der Waals surface area contributed by atoms with Crippen molar-refractivity contribution in [2.75, 3.05) is 44.8 Å². The molecule has 46 heavy (non-hydrogen) atoms. The zero-order chi connectivity index (χ0) is 32.4. The lowest BCUT2D eigenvalue weighted by Gasteiger charge is -2.26. The monoisotopic (exact) mass is 636 g/mol. The van der Waals surface area contributed by atoms with E-state index >= 15 is 0 Å². The Hall–Kier alpha value is -5.26. The Bertz CT molecular complexity index is 1970.